The second kappa shape index (κ2) is 8.85. The summed E-state index contributed by atoms with van der Waals surface area (Å²) in [5.74, 6) is 1.16. The fourth-order valence-corrected chi connectivity index (χ4v) is 4.28. The van der Waals surface area contributed by atoms with Gasteiger partial charge >= 0.3 is 0 Å². The van der Waals surface area contributed by atoms with Crippen molar-refractivity contribution in [3.8, 4) is 0 Å². The first kappa shape index (κ1) is 18.5. The van der Waals surface area contributed by atoms with Gasteiger partial charge in [0.1, 0.15) is 0 Å². The van der Waals surface area contributed by atoms with E-state index in [4.69, 9.17) is 5.73 Å². The van der Waals surface area contributed by atoms with Gasteiger partial charge in [0.25, 0.3) is 0 Å². The van der Waals surface area contributed by atoms with Crippen LogP contribution in [0.15, 0.2) is 6.20 Å². The first-order chi connectivity index (χ1) is 10.7. The Morgan fingerprint density at radius 2 is 1.96 bits per heavy atom. The number of thiazole rings is 1. The van der Waals surface area contributed by atoms with Gasteiger partial charge < -0.3 is 10.6 Å². The maximum atomic E-state index is 12.3. The van der Waals surface area contributed by atoms with E-state index in [1.165, 1.54) is 30.6 Å². The van der Waals surface area contributed by atoms with Crippen LogP contribution in [0.4, 0.5) is 5.13 Å². The van der Waals surface area contributed by atoms with Gasteiger partial charge in [-0.2, -0.15) is 0 Å². The number of nitrogen functional groups attached to an aromatic ring is 1. The van der Waals surface area contributed by atoms with Gasteiger partial charge in [-0.1, -0.05) is 25.7 Å². The minimum absolute atomic E-state index is 0. The topological polar surface area (TPSA) is 62.5 Å². The largest absolute Gasteiger partial charge is 0.375 e. The van der Waals surface area contributed by atoms with E-state index in [1.807, 2.05) is 11.1 Å². The molecule has 23 heavy (non-hydrogen) atoms. The summed E-state index contributed by atoms with van der Waals surface area (Å²) in [5.41, 5.74) is 5.67. The molecular formula is C16H27ClN4OS. The van der Waals surface area contributed by atoms with Crippen molar-refractivity contribution in [2.45, 2.75) is 45.1 Å². The van der Waals surface area contributed by atoms with E-state index in [2.05, 4.69) is 9.88 Å². The molecule has 0 bridgehead atoms. The minimum Gasteiger partial charge on any atom is -0.375 e. The van der Waals surface area contributed by atoms with E-state index in [0.717, 1.165) is 51.5 Å². The Kier molecular flexibility index (Phi) is 7.11. The summed E-state index contributed by atoms with van der Waals surface area (Å²) >= 11 is 1.56. The maximum Gasteiger partial charge on any atom is 0.222 e. The Bertz CT molecular complexity index is 496. The van der Waals surface area contributed by atoms with Crippen molar-refractivity contribution in [3.63, 3.8) is 0 Å². The molecule has 2 heterocycles. The number of nitrogens with zero attached hydrogens (tertiary/aromatic N) is 3. The Morgan fingerprint density at radius 1 is 1.26 bits per heavy atom. The van der Waals surface area contributed by atoms with Gasteiger partial charge in [-0.05, 0) is 12.3 Å². The number of hydrogen-bond donors (Lipinski definition) is 1. The van der Waals surface area contributed by atoms with Crippen LogP contribution in [-0.4, -0.2) is 46.9 Å². The molecule has 2 fully saturated rings. The normalized spacial score (nSPS) is 19.7. The fourth-order valence-electron chi connectivity index (χ4n) is 3.56. The monoisotopic (exact) mass is 358 g/mol. The Hall–Kier alpha value is -0.850. The van der Waals surface area contributed by atoms with Gasteiger partial charge in [-0.15, -0.1) is 23.7 Å². The number of rotatable bonds is 5. The van der Waals surface area contributed by atoms with Crippen LogP contribution in [-0.2, 0) is 11.3 Å². The highest BCUT2D eigenvalue weighted by Gasteiger charge is 2.23. The highest BCUT2D eigenvalue weighted by Crippen LogP contribution is 2.28. The summed E-state index contributed by atoms with van der Waals surface area (Å²) in [6.07, 6.45) is 9.09. The lowest BCUT2D eigenvalue weighted by molar-refractivity contribution is -0.133. The minimum atomic E-state index is 0. The third kappa shape index (κ3) is 5.33. The maximum absolute atomic E-state index is 12.3. The molecule has 1 saturated heterocycles. The number of carbonyl (C=O) groups is 1. The first-order valence-electron chi connectivity index (χ1n) is 8.41. The molecule has 5 nitrogen and oxygen atoms in total. The molecule has 0 spiro atoms. The molecule has 3 rings (SSSR count). The van der Waals surface area contributed by atoms with Crippen LogP contribution in [0.25, 0.3) is 0 Å². The van der Waals surface area contributed by atoms with Crippen LogP contribution in [0.5, 0.6) is 0 Å². The zero-order chi connectivity index (χ0) is 15.4. The number of anilines is 1. The average molecular weight is 359 g/mol. The van der Waals surface area contributed by atoms with Crippen molar-refractivity contribution in [1.29, 1.82) is 0 Å². The molecule has 1 aliphatic heterocycles. The molecule has 2 N–H and O–H groups in total. The SMILES string of the molecule is Cl.Nc1ncc(CN2CCN(C(=O)CCC3CCCC3)CC2)s1. The molecule has 1 aliphatic carbocycles. The van der Waals surface area contributed by atoms with Gasteiger partial charge in [-0.25, -0.2) is 4.98 Å². The molecule has 0 unspecified atom stereocenters. The quantitative estimate of drug-likeness (QED) is 0.879. The summed E-state index contributed by atoms with van der Waals surface area (Å²) in [5, 5.41) is 0.635. The summed E-state index contributed by atoms with van der Waals surface area (Å²) in [6, 6.07) is 0. The van der Waals surface area contributed by atoms with Crippen molar-refractivity contribution in [2.24, 2.45) is 5.92 Å². The summed E-state index contributed by atoms with van der Waals surface area (Å²) in [7, 11) is 0. The van der Waals surface area contributed by atoms with Crippen LogP contribution in [0, 0.1) is 5.92 Å². The van der Waals surface area contributed by atoms with Crippen molar-refractivity contribution in [1.82, 2.24) is 14.8 Å². The number of amides is 1. The number of aromatic nitrogens is 1. The lowest BCUT2D eigenvalue weighted by atomic mass is 10.0. The molecule has 0 radical (unpaired) electrons. The van der Waals surface area contributed by atoms with E-state index in [-0.39, 0.29) is 12.4 Å². The molecule has 7 heteroatoms. The van der Waals surface area contributed by atoms with Crippen LogP contribution in [0.2, 0.25) is 0 Å². The molecule has 0 atom stereocenters. The lowest BCUT2D eigenvalue weighted by Crippen LogP contribution is -2.48. The highest BCUT2D eigenvalue weighted by molar-refractivity contribution is 7.15. The van der Waals surface area contributed by atoms with E-state index < -0.39 is 0 Å². The zero-order valence-corrected chi connectivity index (χ0v) is 15.2. The molecule has 1 amide bonds. The highest BCUT2D eigenvalue weighted by atomic mass is 35.5. The van der Waals surface area contributed by atoms with Gasteiger partial charge in [0.15, 0.2) is 5.13 Å². The number of halogens is 1. The third-order valence-corrected chi connectivity index (χ3v) is 5.73. The van der Waals surface area contributed by atoms with Crippen LogP contribution in [0.3, 0.4) is 0 Å². The smallest absolute Gasteiger partial charge is 0.222 e. The lowest BCUT2D eigenvalue weighted by Gasteiger charge is -2.34. The van der Waals surface area contributed by atoms with Crippen LogP contribution < -0.4 is 5.73 Å². The molecule has 0 aromatic carbocycles. The fraction of sp³-hybridized carbons (Fsp3) is 0.750. The van der Waals surface area contributed by atoms with Crippen molar-refractivity contribution < 1.29 is 4.79 Å². The number of nitrogens with two attached hydrogens (primary N) is 1. The van der Waals surface area contributed by atoms with Gasteiger partial charge in [0.2, 0.25) is 5.91 Å². The first-order valence-corrected chi connectivity index (χ1v) is 9.22. The third-order valence-electron chi connectivity index (χ3n) is 4.92. The summed E-state index contributed by atoms with van der Waals surface area (Å²) < 4.78 is 0. The second-order valence-corrected chi connectivity index (χ2v) is 7.66. The molecule has 130 valence electrons. The number of carbonyl (C=O) groups excluding carboxylic acids is 1. The van der Waals surface area contributed by atoms with Crippen LogP contribution in [0.1, 0.15) is 43.4 Å². The van der Waals surface area contributed by atoms with Gasteiger partial charge in [0, 0.05) is 50.2 Å². The molecule has 1 saturated carbocycles. The summed E-state index contributed by atoms with van der Waals surface area (Å²) in [6.45, 7) is 4.52. The standard InChI is InChI=1S/C16H26N4OS.ClH/c17-16-18-11-14(22-16)12-19-7-9-20(10-8-19)15(21)6-5-13-3-1-2-4-13;/h11,13H,1-10,12H2,(H2,17,18);1H. The van der Waals surface area contributed by atoms with Crippen molar-refractivity contribution >= 4 is 34.8 Å². The average Bonchev–Trinajstić information content (AvgIpc) is 3.17. The molecule has 2 aliphatic rings. The van der Waals surface area contributed by atoms with Gasteiger partial charge in [0.05, 0.1) is 0 Å². The molecular weight excluding hydrogens is 332 g/mol. The Morgan fingerprint density at radius 3 is 2.57 bits per heavy atom. The number of hydrogen-bond acceptors (Lipinski definition) is 5. The van der Waals surface area contributed by atoms with Crippen LogP contribution >= 0.6 is 23.7 Å². The van der Waals surface area contributed by atoms with Crippen molar-refractivity contribution in [3.05, 3.63) is 11.1 Å². The van der Waals surface area contributed by atoms with E-state index in [0.29, 0.717) is 11.0 Å². The van der Waals surface area contributed by atoms with E-state index >= 15 is 0 Å². The Balaban J connectivity index is 0.00000192. The molecule has 1 aromatic rings. The van der Waals surface area contributed by atoms with E-state index in [1.54, 1.807) is 11.3 Å². The molecule has 1 aromatic heterocycles. The van der Waals surface area contributed by atoms with Gasteiger partial charge in [-0.3, -0.25) is 9.69 Å². The van der Waals surface area contributed by atoms with E-state index in [9.17, 15) is 4.79 Å². The van der Waals surface area contributed by atoms with Crippen molar-refractivity contribution in [2.75, 3.05) is 31.9 Å². The predicted octanol–water partition coefficient (Wildman–Crippen LogP) is 2.76. The zero-order valence-electron chi connectivity index (χ0n) is 13.6. The summed E-state index contributed by atoms with van der Waals surface area (Å²) in [4.78, 5) is 22.0. The Labute approximate surface area is 148 Å². The number of piperazine rings is 1. The predicted molar refractivity (Wildman–Crippen MR) is 96.8 cm³/mol. The second-order valence-electron chi connectivity index (χ2n) is 6.51.